The summed E-state index contributed by atoms with van der Waals surface area (Å²) in [6, 6.07) is 3.31. The van der Waals surface area contributed by atoms with Gasteiger partial charge in [0.1, 0.15) is 12.4 Å². The van der Waals surface area contributed by atoms with E-state index in [9.17, 15) is 5.02 Å². The van der Waals surface area contributed by atoms with E-state index in [1.165, 1.54) is 0 Å². The summed E-state index contributed by atoms with van der Waals surface area (Å²) in [7, 11) is -1.09. The number of halogens is 1. The van der Waals surface area contributed by atoms with E-state index in [2.05, 4.69) is 0 Å². The van der Waals surface area contributed by atoms with E-state index in [0.29, 0.717) is 21.8 Å². The molecule has 4 N–H and O–H groups in total. The molecular weight excluding hydrogens is 244 g/mol. The number of hydrogen-bond acceptors (Lipinski definition) is 5. The molecule has 2 rings (SSSR count). The molecular formula is C10H13BClNO4. The second kappa shape index (κ2) is 5.24. The summed E-state index contributed by atoms with van der Waals surface area (Å²) in [6.07, 6.45) is -0.426. The molecule has 0 bridgehead atoms. The molecule has 0 radical (unpaired) electrons. The van der Waals surface area contributed by atoms with Crippen LogP contribution in [0.4, 0.5) is 0 Å². The highest BCUT2D eigenvalue weighted by Crippen LogP contribution is 2.32. The summed E-state index contributed by atoms with van der Waals surface area (Å²) in [5.74, 6) is 0.460. The summed E-state index contributed by atoms with van der Waals surface area (Å²) < 4.78 is 10.6. The normalized spacial score (nSPS) is 18.4. The van der Waals surface area contributed by atoms with Crippen molar-refractivity contribution in [2.75, 3.05) is 19.8 Å². The molecule has 17 heavy (non-hydrogen) atoms. The molecule has 0 saturated heterocycles. The van der Waals surface area contributed by atoms with E-state index in [-0.39, 0.29) is 19.8 Å². The molecule has 7 heteroatoms. The first-order valence-corrected chi connectivity index (χ1v) is 5.66. The maximum absolute atomic E-state index is 9.81. The predicted octanol–water partition coefficient (Wildman–Crippen LogP) is -0.571. The van der Waals surface area contributed by atoms with Crippen molar-refractivity contribution in [3.05, 3.63) is 22.7 Å². The van der Waals surface area contributed by atoms with E-state index >= 15 is 0 Å². The van der Waals surface area contributed by atoms with Crippen LogP contribution in [-0.4, -0.2) is 37.0 Å². The van der Waals surface area contributed by atoms with E-state index in [1.54, 1.807) is 12.1 Å². The summed E-state index contributed by atoms with van der Waals surface area (Å²) in [4.78, 5) is 0. The van der Waals surface area contributed by atoms with Gasteiger partial charge in [-0.3, -0.25) is 0 Å². The van der Waals surface area contributed by atoms with E-state index < -0.39 is 13.2 Å². The highest BCUT2D eigenvalue weighted by atomic mass is 35.5. The Kier molecular flexibility index (Phi) is 3.91. The predicted molar refractivity (Wildman–Crippen MR) is 64.5 cm³/mol. The van der Waals surface area contributed by atoms with Crippen LogP contribution in [0.1, 0.15) is 11.7 Å². The minimum absolute atomic E-state index is 0.103. The summed E-state index contributed by atoms with van der Waals surface area (Å²) in [6.45, 7) is 0.274. The number of ether oxygens (including phenoxy) is 1. The quantitative estimate of drug-likeness (QED) is 0.629. The summed E-state index contributed by atoms with van der Waals surface area (Å²) in [5, 5.41) is 19.0. The molecule has 0 saturated carbocycles. The van der Waals surface area contributed by atoms with Gasteiger partial charge in [-0.2, -0.15) is 0 Å². The van der Waals surface area contributed by atoms with Crippen LogP contribution in [0.5, 0.6) is 5.75 Å². The summed E-state index contributed by atoms with van der Waals surface area (Å²) in [5.41, 5.74) is 6.72. The number of aliphatic hydroxyl groups is 1. The number of nitrogens with two attached hydrogens (primary N) is 1. The molecule has 1 aromatic carbocycles. The minimum Gasteiger partial charge on any atom is -0.492 e. The number of hydrogen-bond donors (Lipinski definition) is 3. The fourth-order valence-electron chi connectivity index (χ4n) is 1.92. The largest absolute Gasteiger partial charge is 0.495 e. The number of benzene rings is 1. The number of aliphatic hydroxyl groups excluding tert-OH is 1. The first-order chi connectivity index (χ1) is 8.19. The third kappa shape index (κ3) is 2.27. The molecule has 1 heterocycles. The van der Waals surface area contributed by atoms with E-state index in [1.807, 2.05) is 0 Å². The molecule has 0 amide bonds. The van der Waals surface area contributed by atoms with Crippen LogP contribution in [0.3, 0.4) is 0 Å². The molecule has 92 valence electrons. The van der Waals surface area contributed by atoms with Gasteiger partial charge in [0.15, 0.2) is 0 Å². The van der Waals surface area contributed by atoms with Crippen LogP contribution < -0.4 is 15.9 Å². The summed E-state index contributed by atoms with van der Waals surface area (Å²) >= 11 is 6.06. The standard InChI is InChI=1S/C10H13BClNO4/c12-6-1-2-7(16-4-3-14)10-9(6)8(5-13)17-11(10)15/h1-2,8,14-15H,3-5,13H2/t8-/m1/s1. The van der Waals surface area contributed by atoms with Gasteiger partial charge in [0.05, 0.1) is 12.7 Å². The molecule has 5 nitrogen and oxygen atoms in total. The Morgan fingerprint density at radius 2 is 2.29 bits per heavy atom. The SMILES string of the molecule is NC[C@H]1OB(O)c2c(OCCO)ccc(Cl)c21. The average molecular weight is 257 g/mol. The van der Waals surface area contributed by atoms with Crippen molar-refractivity contribution in [1.82, 2.24) is 0 Å². The van der Waals surface area contributed by atoms with Crippen LogP contribution in [0.15, 0.2) is 12.1 Å². The van der Waals surface area contributed by atoms with Crippen molar-refractivity contribution in [3.8, 4) is 5.75 Å². The molecule has 0 aromatic heterocycles. The van der Waals surface area contributed by atoms with Gasteiger partial charge in [-0.15, -0.1) is 0 Å². The Morgan fingerprint density at radius 3 is 2.94 bits per heavy atom. The molecule has 0 aliphatic carbocycles. The first-order valence-electron chi connectivity index (χ1n) is 5.28. The average Bonchev–Trinajstić information content (AvgIpc) is 2.67. The molecule has 1 aliphatic heterocycles. The van der Waals surface area contributed by atoms with E-state index in [4.69, 9.17) is 31.8 Å². The van der Waals surface area contributed by atoms with Gasteiger partial charge in [-0.1, -0.05) is 11.6 Å². The van der Waals surface area contributed by atoms with E-state index in [0.717, 1.165) is 0 Å². The lowest BCUT2D eigenvalue weighted by molar-refractivity contribution is 0.197. The molecule has 1 aliphatic rings. The van der Waals surface area contributed by atoms with Crippen molar-refractivity contribution in [3.63, 3.8) is 0 Å². The highest BCUT2D eigenvalue weighted by Gasteiger charge is 2.39. The second-order valence-corrected chi connectivity index (χ2v) is 4.06. The fourth-order valence-corrected chi connectivity index (χ4v) is 2.20. The Morgan fingerprint density at radius 1 is 1.53 bits per heavy atom. The monoisotopic (exact) mass is 257 g/mol. The molecule has 0 spiro atoms. The first kappa shape index (κ1) is 12.7. The lowest BCUT2D eigenvalue weighted by Gasteiger charge is -2.12. The Balaban J connectivity index is 2.42. The molecule has 1 aromatic rings. The van der Waals surface area contributed by atoms with Crippen molar-refractivity contribution in [1.29, 1.82) is 0 Å². The molecule has 0 fully saturated rings. The maximum Gasteiger partial charge on any atom is 0.495 e. The topological polar surface area (TPSA) is 84.9 Å². The highest BCUT2D eigenvalue weighted by molar-refractivity contribution is 6.63. The lowest BCUT2D eigenvalue weighted by Crippen LogP contribution is -2.30. The zero-order valence-electron chi connectivity index (χ0n) is 9.10. The Bertz CT molecular complexity index is 418. The minimum atomic E-state index is -1.09. The molecule has 1 atom stereocenters. The van der Waals surface area contributed by atoms with Gasteiger partial charge >= 0.3 is 7.12 Å². The third-order valence-corrected chi connectivity index (χ3v) is 2.95. The van der Waals surface area contributed by atoms with Gasteiger partial charge in [-0.25, -0.2) is 0 Å². The van der Waals surface area contributed by atoms with Gasteiger partial charge in [0.25, 0.3) is 0 Å². The molecule has 0 unspecified atom stereocenters. The van der Waals surface area contributed by atoms with Crippen molar-refractivity contribution < 1.29 is 19.5 Å². The zero-order valence-corrected chi connectivity index (χ0v) is 9.85. The third-order valence-electron chi connectivity index (χ3n) is 2.62. The Hall–Kier alpha value is -0.785. The van der Waals surface area contributed by atoms with Crippen LogP contribution >= 0.6 is 11.6 Å². The van der Waals surface area contributed by atoms with Crippen LogP contribution in [0, 0.1) is 0 Å². The fraction of sp³-hybridized carbons (Fsp3) is 0.400. The van der Waals surface area contributed by atoms with Gasteiger partial charge in [0.2, 0.25) is 0 Å². The van der Waals surface area contributed by atoms with Crippen molar-refractivity contribution in [2.24, 2.45) is 5.73 Å². The van der Waals surface area contributed by atoms with Crippen LogP contribution in [0.25, 0.3) is 0 Å². The van der Waals surface area contributed by atoms with Crippen molar-refractivity contribution >= 4 is 24.2 Å². The maximum atomic E-state index is 9.81. The zero-order chi connectivity index (χ0) is 12.4. The van der Waals surface area contributed by atoms with Gasteiger partial charge < -0.3 is 25.3 Å². The van der Waals surface area contributed by atoms with Gasteiger partial charge in [0, 0.05) is 22.6 Å². The van der Waals surface area contributed by atoms with Crippen LogP contribution in [0.2, 0.25) is 5.02 Å². The van der Waals surface area contributed by atoms with Crippen molar-refractivity contribution in [2.45, 2.75) is 6.10 Å². The number of fused-ring (bicyclic) bond motifs is 1. The number of rotatable bonds is 4. The van der Waals surface area contributed by atoms with Crippen LogP contribution in [-0.2, 0) is 4.65 Å². The van der Waals surface area contributed by atoms with Gasteiger partial charge in [-0.05, 0) is 12.1 Å². The Labute approximate surface area is 104 Å². The smallest absolute Gasteiger partial charge is 0.492 e. The second-order valence-electron chi connectivity index (χ2n) is 3.66. The lowest BCUT2D eigenvalue weighted by atomic mass is 9.78.